The molecule has 1 aromatic carbocycles. The standard InChI is InChI=1S/C28H30F2N8OS/c1-36(2)14-3-5-37(10-14)15-4-6-38(11-15)28-34-8-17-18-12-39-13-19(18)21(23(30)24(17)35-28)25-22-16(7-31)27(32)40-26(22)20(29)9-33-25/h8-9,14-15,25,33H,3-6,10-13,32H2,1-2H3. The Kier molecular flexibility index (Phi) is 6.16. The molecule has 6 heterocycles. The minimum atomic E-state index is -0.799. The second-order valence-corrected chi connectivity index (χ2v) is 12.2. The van der Waals surface area contributed by atoms with Crippen LogP contribution in [-0.4, -0.2) is 72.1 Å². The predicted octanol–water partition coefficient (Wildman–Crippen LogP) is 3.49. The molecule has 0 aliphatic carbocycles. The number of likely N-dealkylation sites (N-methyl/N-ethyl adjacent to an activating group) is 1. The lowest BCUT2D eigenvalue weighted by Gasteiger charge is -2.26. The molecule has 2 fully saturated rings. The van der Waals surface area contributed by atoms with Crippen LogP contribution in [0.5, 0.6) is 0 Å². The number of likely N-dealkylation sites (tertiary alicyclic amines) is 1. The summed E-state index contributed by atoms with van der Waals surface area (Å²) >= 11 is 1.00. The van der Waals surface area contributed by atoms with E-state index >= 15 is 4.39 Å². The van der Waals surface area contributed by atoms with E-state index in [1.165, 1.54) is 6.20 Å². The Morgan fingerprint density at radius 2 is 2.00 bits per heavy atom. The monoisotopic (exact) mass is 564 g/mol. The number of hydrogen-bond acceptors (Lipinski definition) is 10. The lowest BCUT2D eigenvalue weighted by atomic mass is 9.87. The van der Waals surface area contributed by atoms with E-state index in [0.717, 1.165) is 55.9 Å². The molecular formula is C28H30F2N8OS. The summed E-state index contributed by atoms with van der Waals surface area (Å²) < 4.78 is 37.1. The third-order valence-electron chi connectivity index (χ3n) is 8.87. The zero-order chi connectivity index (χ0) is 27.7. The fourth-order valence-corrected chi connectivity index (χ4v) is 7.65. The van der Waals surface area contributed by atoms with E-state index < -0.39 is 17.7 Å². The van der Waals surface area contributed by atoms with Crippen molar-refractivity contribution < 1.29 is 13.5 Å². The van der Waals surface area contributed by atoms with Crippen molar-refractivity contribution in [2.75, 3.05) is 50.9 Å². The molecule has 0 saturated carbocycles. The highest BCUT2D eigenvalue weighted by atomic mass is 32.1. The SMILES string of the molecule is CN(C)C1CCN(C2CCN(c3ncc4c5c(c(C6NC=C(F)c7sc(N)c(C#N)c76)c(F)c4n3)COC5)C2)C1. The Hall–Kier alpha value is -3.37. The topological polar surface area (TPSA) is 107 Å². The fourth-order valence-electron chi connectivity index (χ4n) is 6.69. The van der Waals surface area contributed by atoms with Crippen molar-refractivity contribution in [3.8, 4) is 6.07 Å². The molecule has 12 heteroatoms. The molecule has 0 radical (unpaired) electrons. The number of fused-ring (bicyclic) bond motifs is 4. The Morgan fingerprint density at radius 1 is 1.18 bits per heavy atom. The zero-order valence-corrected chi connectivity index (χ0v) is 23.2. The molecule has 3 unspecified atom stereocenters. The first-order valence-corrected chi connectivity index (χ1v) is 14.3. The van der Waals surface area contributed by atoms with Gasteiger partial charge in [-0.25, -0.2) is 18.7 Å². The Balaban J connectivity index is 1.27. The molecule has 2 saturated heterocycles. The molecule has 0 amide bonds. The number of anilines is 2. The minimum Gasteiger partial charge on any atom is -0.389 e. The number of rotatable bonds is 4. The number of nitrogens with zero attached hydrogens (tertiary/aromatic N) is 6. The average Bonchev–Trinajstić information content (AvgIpc) is 3.75. The van der Waals surface area contributed by atoms with Crippen LogP contribution in [0.15, 0.2) is 12.4 Å². The van der Waals surface area contributed by atoms with Gasteiger partial charge in [-0.05, 0) is 38.1 Å². The van der Waals surface area contributed by atoms with Gasteiger partial charge in [0.15, 0.2) is 11.6 Å². The summed E-state index contributed by atoms with van der Waals surface area (Å²) in [5.41, 5.74) is 8.62. The predicted molar refractivity (Wildman–Crippen MR) is 150 cm³/mol. The van der Waals surface area contributed by atoms with Gasteiger partial charge in [0, 0.05) is 67.2 Å². The molecule has 208 valence electrons. The van der Waals surface area contributed by atoms with Gasteiger partial charge in [0.05, 0.1) is 29.7 Å². The summed E-state index contributed by atoms with van der Waals surface area (Å²) in [6, 6.07) is 2.27. The Morgan fingerprint density at radius 3 is 2.77 bits per heavy atom. The molecule has 0 spiro atoms. The van der Waals surface area contributed by atoms with Crippen molar-refractivity contribution >= 4 is 39.0 Å². The maximum Gasteiger partial charge on any atom is 0.226 e. The van der Waals surface area contributed by atoms with Crippen molar-refractivity contribution in [2.45, 2.75) is 44.2 Å². The maximum absolute atomic E-state index is 16.6. The summed E-state index contributed by atoms with van der Waals surface area (Å²) in [5.74, 6) is -0.538. The second kappa shape index (κ2) is 9.62. The van der Waals surface area contributed by atoms with E-state index in [4.69, 9.17) is 15.5 Å². The summed E-state index contributed by atoms with van der Waals surface area (Å²) in [7, 11) is 4.26. The van der Waals surface area contributed by atoms with E-state index in [0.29, 0.717) is 46.7 Å². The summed E-state index contributed by atoms with van der Waals surface area (Å²) in [6.45, 7) is 4.24. The van der Waals surface area contributed by atoms with E-state index in [1.807, 2.05) is 0 Å². The first-order valence-electron chi connectivity index (χ1n) is 13.5. The number of halogens is 2. The van der Waals surface area contributed by atoms with Gasteiger partial charge < -0.3 is 25.6 Å². The molecule has 4 aliphatic heterocycles. The number of aromatic nitrogens is 2. The maximum atomic E-state index is 16.6. The van der Waals surface area contributed by atoms with E-state index in [2.05, 4.69) is 45.2 Å². The number of benzene rings is 1. The number of nitrogens with one attached hydrogen (secondary N) is 1. The molecular weight excluding hydrogens is 534 g/mol. The molecule has 7 rings (SSSR count). The highest BCUT2D eigenvalue weighted by Gasteiger charge is 2.38. The molecule has 40 heavy (non-hydrogen) atoms. The number of ether oxygens (including phenoxy) is 1. The van der Waals surface area contributed by atoms with Crippen molar-refractivity contribution in [3.05, 3.63) is 50.9 Å². The van der Waals surface area contributed by atoms with Crippen LogP contribution in [0.3, 0.4) is 0 Å². The summed E-state index contributed by atoms with van der Waals surface area (Å²) in [5, 5.41) is 13.6. The smallest absolute Gasteiger partial charge is 0.226 e. The normalized spacial score (nSPS) is 24.4. The van der Waals surface area contributed by atoms with Crippen molar-refractivity contribution in [1.29, 1.82) is 5.26 Å². The summed E-state index contributed by atoms with van der Waals surface area (Å²) in [6.07, 6.45) is 5.09. The Labute approximate surface area is 234 Å². The van der Waals surface area contributed by atoms with Gasteiger partial charge in [0.2, 0.25) is 5.95 Å². The third kappa shape index (κ3) is 3.87. The zero-order valence-electron chi connectivity index (χ0n) is 22.4. The van der Waals surface area contributed by atoms with Crippen LogP contribution in [0.1, 0.15) is 51.6 Å². The van der Waals surface area contributed by atoms with Gasteiger partial charge in [-0.15, -0.1) is 11.3 Å². The highest BCUT2D eigenvalue weighted by Crippen LogP contribution is 2.47. The van der Waals surface area contributed by atoms with Crippen LogP contribution in [0.2, 0.25) is 0 Å². The highest BCUT2D eigenvalue weighted by molar-refractivity contribution is 7.17. The molecule has 0 bridgehead atoms. The van der Waals surface area contributed by atoms with Gasteiger partial charge in [-0.3, -0.25) is 4.90 Å². The average molecular weight is 565 g/mol. The van der Waals surface area contributed by atoms with Crippen LogP contribution < -0.4 is 16.0 Å². The van der Waals surface area contributed by atoms with Crippen LogP contribution in [-0.2, 0) is 18.0 Å². The van der Waals surface area contributed by atoms with Gasteiger partial charge >= 0.3 is 0 Å². The van der Waals surface area contributed by atoms with E-state index in [1.54, 1.807) is 6.20 Å². The largest absolute Gasteiger partial charge is 0.389 e. The lowest BCUT2D eigenvalue weighted by molar-refractivity contribution is 0.134. The van der Waals surface area contributed by atoms with Crippen LogP contribution in [0.4, 0.5) is 19.7 Å². The van der Waals surface area contributed by atoms with Gasteiger partial charge in [-0.2, -0.15) is 5.26 Å². The number of thiophene rings is 1. The fraction of sp³-hybridized carbons (Fsp3) is 0.464. The van der Waals surface area contributed by atoms with Crippen molar-refractivity contribution in [2.24, 2.45) is 0 Å². The third-order valence-corrected chi connectivity index (χ3v) is 9.91. The summed E-state index contributed by atoms with van der Waals surface area (Å²) in [4.78, 5) is 16.7. The molecule has 9 nitrogen and oxygen atoms in total. The van der Waals surface area contributed by atoms with Crippen LogP contribution in [0.25, 0.3) is 16.7 Å². The molecule has 2 aromatic heterocycles. The van der Waals surface area contributed by atoms with Crippen molar-refractivity contribution in [3.63, 3.8) is 0 Å². The van der Waals surface area contributed by atoms with Gasteiger partial charge in [0.25, 0.3) is 0 Å². The molecule has 4 aliphatic rings. The molecule has 3 atom stereocenters. The number of nitrogen functional groups attached to an aromatic ring is 1. The van der Waals surface area contributed by atoms with E-state index in [-0.39, 0.29) is 27.6 Å². The first-order chi connectivity index (χ1) is 19.4. The van der Waals surface area contributed by atoms with Gasteiger partial charge in [0.1, 0.15) is 16.6 Å². The van der Waals surface area contributed by atoms with Crippen molar-refractivity contribution in [1.82, 2.24) is 25.1 Å². The van der Waals surface area contributed by atoms with Crippen LogP contribution in [0, 0.1) is 17.1 Å². The minimum absolute atomic E-state index is 0.165. The van der Waals surface area contributed by atoms with Crippen LogP contribution >= 0.6 is 11.3 Å². The van der Waals surface area contributed by atoms with E-state index in [9.17, 15) is 9.65 Å². The number of nitriles is 1. The quantitative estimate of drug-likeness (QED) is 0.493. The first kappa shape index (κ1) is 25.6. The molecule has 3 aromatic rings. The Bertz CT molecular complexity index is 1600. The number of nitrogens with two attached hydrogens (primary N) is 1. The second-order valence-electron chi connectivity index (χ2n) is 11.2. The number of hydrogen-bond donors (Lipinski definition) is 2. The van der Waals surface area contributed by atoms with Gasteiger partial charge in [-0.1, -0.05) is 0 Å². The lowest BCUT2D eigenvalue weighted by Crippen LogP contribution is -2.39. The molecule has 3 N–H and O–H groups in total.